The number of hydrogen-bond donors (Lipinski definition) is 2. The maximum absolute atomic E-state index is 8.93. The smallest absolute Gasteiger partial charge is 0.168 e. The van der Waals surface area contributed by atoms with E-state index >= 15 is 0 Å². The monoisotopic (exact) mass is 353 g/mol. The molecule has 3 N–H and O–H groups in total. The molecular weight excluding hydrogens is 345 g/mol. The highest BCUT2D eigenvalue weighted by Crippen LogP contribution is 2.34. The fourth-order valence-corrected chi connectivity index (χ4v) is 2.27. The largest absolute Gasteiger partial charge is 0.399 e. The Morgan fingerprint density at radius 1 is 1.23 bits per heavy atom. The quantitative estimate of drug-likeness (QED) is 0.371. The van der Waals surface area contributed by atoms with Crippen LogP contribution in [0.1, 0.15) is 18.1 Å². The van der Waals surface area contributed by atoms with Gasteiger partial charge in [-0.05, 0) is 24.6 Å². The number of aromatic nitrogens is 1. The van der Waals surface area contributed by atoms with E-state index in [4.69, 9.17) is 45.8 Å². The van der Waals surface area contributed by atoms with Crippen molar-refractivity contribution in [3.63, 3.8) is 0 Å². The Balaban J connectivity index is 2.30. The van der Waals surface area contributed by atoms with E-state index in [1.807, 2.05) is 18.2 Å². The minimum absolute atomic E-state index is 0.0260. The van der Waals surface area contributed by atoms with Crippen molar-refractivity contribution in [1.29, 1.82) is 5.26 Å². The number of nitrogens with two attached hydrogens (primary N) is 1. The van der Waals surface area contributed by atoms with Crippen molar-refractivity contribution in [2.24, 2.45) is 5.10 Å². The summed E-state index contributed by atoms with van der Waals surface area (Å²) in [7, 11) is 0. The van der Waals surface area contributed by atoms with Crippen LogP contribution in [0.15, 0.2) is 29.4 Å². The second-order valence-electron chi connectivity index (χ2n) is 4.30. The van der Waals surface area contributed by atoms with Crippen molar-refractivity contribution in [1.82, 2.24) is 4.98 Å². The topological polar surface area (TPSA) is 87.1 Å². The molecule has 0 aliphatic carbocycles. The molecule has 5 nitrogen and oxygen atoms in total. The van der Waals surface area contributed by atoms with Gasteiger partial charge in [0.05, 0.1) is 10.7 Å². The van der Waals surface area contributed by atoms with Crippen LogP contribution in [0.25, 0.3) is 0 Å². The van der Waals surface area contributed by atoms with Crippen LogP contribution in [-0.2, 0) is 0 Å². The minimum Gasteiger partial charge on any atom is -0.399 e. The van der Waals surface area contributed by atoms with E-state index in [9.17, 15) is 0 Å². The zero-order chi connectivity index (χ0) is 16.3. The summed E-state index contributed by atoms with van der Waals surface area (Å²) in [5.74, 6) is 0.172. The number of anilines is 2. The van der Waals surface area contributed by atoms with E-state index in [0.29, 0.717) is 11.4 Å². The molecule has 1 aromatic carbocycles. The molecule has 112 valence electrons. The predicted octanol–water partition coefficient (Wildman–Crippen LogP) is 4.33. The highest BCUT2D eigenvalue weighted by Gasteiger charge is 2.16. The summed E-state index contributed by atoms with van der Waals surface area (Å²) in [6.45, 7) is 1.80. The molecule has 0 unspecified atom stereocenters. The first kappa shape index (κ1) is 16.4. The van der Waals surface area contributed by atoms with E-state index in [-0.39, 0.29) is 26.6 Å². The van der Waals surface area contributed by atoms with Crippen molar-refractivity contribution < 1.29 is 0 Å². The van der Waals surface area contributed by atoms with Crippen LogP contribution in [0, 0.1) is 11.3 Å². The molecule has 8 heteroatoms. The molecule has 0 amide bonds. The number of rotatable bonds is 3. The molecule has 0 spiro atoms. The average molecular weight is 355 g/mol. The summed E-state index contributed by atoms with van der Waals surface area (Å²) in [5.41, 5.74) is 10.6. The molecule has 1 aromatic heterocycles. The zero-order valence-corrected chi connectivity index (χ0v) is 13.6. The van der Waals surface area contributed by atoms with E-state index in [2.05, 4.69) is 15.5 Å². The van der Waals surface area contributed by atoms with Gasteiger partial charge in [0.1, 0.15) is 16.7 Å². The molecule has 2 rings (SSSR count). The van der Waals surface area contributed by atoms with Gasteiger partial charge in [-0.3, -0.25) is 5.43 Å². The number of hydrazone groups is 1. The van der Waals surface area contributed by atoms with E-state index in [1.165, 1.54) is 0 Å². The fraction of sp³-hybridized carbons (Fsp3) is 0.0714. The first-order valence-corrected chi connectivity index (χ1v) is 7.18. The maximum Gasteiger partial charge on any atom is 0.168 e. The second kappa shape index (κ2) is 6.84. The zero-order valence-electron chi connectivity index (χ0n) is 11.4. The lowest BCUT2D eigenvalue weighted by Gasteiger charge is -2.08. The molecule has 0 atom stereocenters. The molecule has 0 saturated carbocycles. The van der Waals surface area contributed by atoms with Gasteiger partial charge < -0.3 is 5.73 Å². The standard InChI is InChI=1S/C14H10Cl3N5/c1-7(8-2-4-9(19)5-3-8)21-22-14-12(16)11(15)10(6-18)13(17)20-14/h2-5H,19H2,1H3,(H,20,22)/b21-7-. The average Bonchev–Trinajstić information content (AvgIpc) is 2.50. The van der Waals surface area contributed by atoms with Crippen LogP contribution >= 0.6 is 34.8 Å². The van der Waals surface area contributed by atoms with Crippen molar-refractivity contribution in [2.45, 2.75) is 6.92 Å². The number of nitrogens with zero attached hydrogens (tertiary/aromatic N) is 3. The minimum atomic E-state index is -0.0419. The van der Waals surface area contributed by atoms with Crippen LogP contribution in [0.4, 0.5) is 11.5 Å². The summed E-state index contributed by atoms with van der Waals surface area (Å²) in [6, 6.07) is 9.06. The Kier molecular flexibility index (Phi) is 5.09. The SMILES string of the molecule is C/C(=N/Nc1nc(Cl)c(C#N)c(Cl)c1Cl)c1ccc(N)cc1. The highest BCUT2D eigenvalue weighted by atomic mass is 35.5. The number of nitrogen functional groups attached to an aromatic ring is 1. The van der Waals surface area contributed by atoms with Crippen LogP contribution in [0.5, 0.6) is 0 Å². The van der Waals surface area contributed by atoms with Gasteiger partial charge in [-0.1, -0.05) is 46.9 Å². The predicted molar refractivity (Wildman–Crippen MR) is 90.7 cm³/mol. The van der Waals surface area contributed by atoms with Crippen molar-refractivity contribution in [3.05, 3.63) is 50.6 Å². The molecule has 22 heavy (non-hydrogen) atoms. The van der Waals surface area contributed by atoms with Crippen LogP contribution in [-0.4, -0.2) is 10.7 Å². The lowest BCUT2D eigenvalue weighted by atomic mass is 10.1. The Morgan fingerprint density at radius 3 is 2.45 bits per heavy atom. The normalized spacial score (nSPS) is 11.1. The van der Waals surface area contributed by atoms with Gasteiger partial charge in [0, 0.05) is 5.69 Å². The maximum atomic E-state index is 8.93. The van der Waals surface area contributed by atoms with Gasteiger partial charge in [0.15, 0.2) is 11.0 Å². The van der Waals surface area contributed by atoms with Crippen molar-refractivity contribution in [3.8, 4) is 6.07 Å². The Hall–Kier alpha value is -2.00. The third-order valence-electron chi connectivity index (χ3n) is 2.81. The Bertz CT molecular complexity index is 779. The lowest BCUT2D eigenvalue weighted by Crippen LogP contribution is -2.02. The number of halogens is 3. The molecular formula is C14H10Cl3N5. The summed E-state index contributed by atoms with van der Waals surface area (Å²) in [5, 5.41) is 13.2. The van der Waals surface area contributed by atoms with Gasteiger partial charge in [0.25, 0.3) is 0 Å². The summed E-state index contributed by atoms with van der Waals surface area (Å²) in [4.78, 5) is 3.97. The first-order valence-electron chi connectivity index (χ1n) is 6.05. The number of nitrogens with one attached hydrogen (secondary N) is 1. The van der Waals surface area contributed by atoms with E-state index in [1.54, 1.807) is 19.1 Å². The van der Waals surface area contributed by atoms with E-state index < -0.39 is 0 Å². The molecule has 1 heterocycles. The fourth-order valence-electron chi connectivity index (χ4n) is 1.60. The molecule has 0 aliphatic heterocycles. The van der Waals surface area contributed by atoms with Crippen molar-refractivity contribution in [2.75, 3.05) is 11.2 Å². The van der Waals surface area contributed by atoms with Gasteiger partial charge in [-0.25, -0.2) is 4.98 Å². The number of benzene rings is 1. The van der Waals surface area contributed by atoms with Crippen LogP contribution in [0.2, 0.25) is 15.2 Å². The molecule has 0 aliphatic rings. The van der Waals surface area contributed by atoms with Crippen molar-refractivity contribution >= 4 is 52.0 Å². The van der Waals surface area contributed by atoms with Gasteiger partial charge in [-0.2, -0.15) is 10.4 Å². The lowest BCUT2D eigenvalue weighted by molar-refractivity contribution is 1.21. The van der Waals surface area contributed by atoms with Crippen LogP contribution < -0.4 is 11.2 Å². The molecule has 0 bridgehead atoms. The molecule has 0 radical (unpaired) electrons. The highest BCUT2D eigenvalue weighted by molar-refractivity contribution is 6.45. The Labute approximate surface area is 142 Å². The summed E-state index contributed by atoms with van der Waals surface area (Å²) < 4.78 is 0. The van der Waals surface area contributed by atoms with Crippen LogP contribution in [0.3, 0.4) is 0 Å². The molecule has 0 saturated heterocycles. The van der Waals surface area contributed by atoms with E-state index in [0.717, 1.165) is 5.56 Å². The molecule has 0 fully saturated rings. The number of pyridine rings is 1. The summed E-state index contributed by atoms with van der Waals surface area (Å²) >= 11 is 17.9. The van der Waals surface area contributed by atoms with Gasteiger partial charge in [-0.15, -0.1) is 0 Å². The van der Waals surface area contributed by atoms with Gasteiger partial charge in [0.2, 0.25) is 0 Å². The third-order valence-corrected chi connectivity index (χ3v) is 3.92. The number of nitriles is 1. The Morgan fingerprint density at radius 2 is 1.86 bits per heavy atom. The van der Waals surface area contributed by atoms with Gasteiger partial charge >= 0.3 is 0 Å². The summed E-state index contributed by atoms with van der Waals surface area (Å²) in [6.07, 6.45) is 0. The third kappa shape index (κ3) is 3.42. The second-order valence-corrected chi connectivity index (χ2v) is 5.41. The first-order chi connectivity index (χ1) is 10.4. The number of hydrogen-bond acceptors (Lipinski definition) is 5. The molecule has 2 aromatic rings.